The number of hydrogen-bond acceptors (Lipinski definition) is 4. The van der Waals surface area contributed by atoms with Gasteiger partial charge < -0.3 is 19.7 Å². The standard InChI is InChI=1S/C20H30N2O3/c1-2-25-18-7-5-16(6-8-18)3-4-17-9-12-22(13-10-17)20(23)19-15-24-14-11-21-19/h5-8,17,19,21H,2-4,9-15H2,1H3. The molecule has 0 saturated carbocycles. The van der Waals surface area contributed by atoms with Gasteiger partial charge in [-0.3, -0.25) is 4.79 Å². The largest absolute Gasteiger partial charge is 0.494 e. The first-order valence-corrected chi connectivity index (χ1v) is 9.58. The number of aryl methyl sites for hydroxylation is 1. The van der Waals surface area contributed by atoms with Gasteiger partial charge in [0, 0.05) is 19.6 Å². The van der Waals surface area contributed by atoms with Crippen LogP contribution in [0.2, 0.25) is 0 Å². The second-order valence-corrected chi connectivity index (χ2v) is 6.97. The first kappa shape index (κ1) is 18.2. The number of nitrogens with one attached hydrogen (secondary N) is 1. The van der Waals surface area contributed by atoms with Gasteiger partial charge in [0.05, 0.1) is 19.8 Å². The predicted molar refractivity (Wildman–Crippen MR) is 97.8 cm³/mol. The van der Waals surface area contributed by atoms with Crippen LogP contribution in [0, 0.1) is 5.92 Å². The molecule has 1 unspecified atom stereocenters. The molecule has 1 aromatic carbocycles. The lowest BCUT2D eigenvalue weighted by molar-refractivity contribution is -0.137. The van der Waals surface area contributed by atoms with E-state index < -0.39 is 0 Å². The van der Waals surface area contributed by atoms with E-state index in [9.17, 15) is 4.79 Å². The molecule has 25 heavy (non-hydrogen) atoms. The van der Waals surface area contributed by atoms with E-state index in [1.807, 2.05) is 11.8 Å². The molecular formula is C20H30N2O3. The molecule has 0 radical (unpaired) electrons. The maximum absolute atomic E-state index is 12.5. The molecule has 1 N–H and O–H groups in total. The lowest BCUT2D eigenvalue weighted by Crippen LogP contribution is -2.54. The monoisotopic (exact) mass is 346 g/mol. The van der Waals surface area contributed by atoms with Crippen molar-refractivity contribution in [3.63, 3.8) is 0 Å². The highest BCUT2D eigenvalue weighted by molar-refractivity contribution is 5.82. The Morgan fingerprint density at radius 3 is 2.68 bits per heavy atom. The van der Waals surface area contributed by atoms with Crippen LogP contribution in [0.1, 0.15) is 31.7 Å². The van der Waals surface area contributed by atoms with Crippen molar-refractivity contribution >= 4 is 5.91 Å². The van der Waals surface area contributed by atoms with Gasteiger partial charge in [0.2, 0.25) is 5.91 Å². The molecular weight excluding hydrogens is 316 g/mol. The van der Waals surface area contributed by atoms with E-state index in [-0.39, 0.29) is 11.9 Å². The number of nitrogens with zero attached hydrogens (tertiary/aromatic N) is 1. The average Bonchev–Trinajstić information content (AvgIpc) is 2.68. The molecule has 1 aromatic rings. The molecule has 0 spiro atoms. The van der Waals surface area contributed by atoms with E-state index >= 15 is 0 Å². The van der Waals surface area contributed by atoms with Gasteiger partial charge >= 0.3 is 0 Å². The number of carbonyl (C=O) groups excluding carboxylic acids is 1. The third-order valence-electron chi connectivity index (χ3n) is 5.22. The summed E-state index contributed by atoms with van der Waals surface area (Å²) < 4.78 is 10.9. The zero-order valence-electron chi connectivity index (χ0n) is 15.2. The number of likely N-dealkylation sites (tertiary alicyclic amines) is 1. The topological polar surface area (TPSA) is 50.8 Å². The van der Waals surface area contributed by atoms with Crippen LogP contribution in [-0.2, 0) is 16.0 Å². The first-order valence-electron chi connectivity index (χ1n) is 9.58. The van der Waals surface area contributed by atoms with Gasteiger partial charge in [-0.1, -0.05) is 12.1 Å². The van der Waals surface area contributed by atoms with Crippen molar-refractivity contribution in [3.8, 4) is 5.75 Å². The van der Waals surface area contributed by atoms with Gasteiger partial charge in [-0.05, 0) is 56.2 Å². The molecule has 2 fully saturated rings. The van der Waals surface area contributed by atoms with E-state index in [1.165, 1.54) is 12.0 Å². The van der Waals surface area contributed by atoms with E-state index in [4.69, 9.17) is 9.47 Å². The van der Waals surface area contributed by atoms with Gasteiger partial charge in [-0.15, -0.1) is 0 Å². The maximum atomic E-state index is 12.5. The molecule has 2 aliphatic rings. The molecule has 2 heterocycles. The summed E-state index contributed by atoms with van der Waals surface area (Å²) in [5.74, 6) is 1.87. The summed E-state index contributed by atoms with van der Waals surface area (Å²) in [5.41, 5.74) is 1.37. The van der Waals surface area contributed by atoms with E-state index in [1.54, 1.807) is 0 Å². The third-order valence-corrected chi connectivity index (χ3v) is 5.22. The third kappa shape index (κ3) is 5.19. The second-order valence-electron chi connectivity index (χ2n) is 6.97. The number of piperidine rings is 1. The highest BCUT2D eigenvalue weighted by Crippen LogP contribution is 2.23. The van der Waals surface area contributed by atoms with Crippen LogP contribution in [0.4, 0.5) is 0 Å². The molecule has 0 aliphatic carbocycles. The van der Waals surface area contributed by atoms with E-state index in [0.29, 0.717) is 25.7 Å². The number of amides is 1. The summed E-state index contributed by atoms with van der Waals surface area (Å²) in [7, 11) is 0. The van der Waals surface area contributed by atoms with Gasteiger partial charge in [0.15, 0.2) is 0 Å². The average molecular weight is 346 g/mol. The molecule has 0 bridgehead atoms. The minimum Gasteiger partial charge on any atom is -0.494 e. The van der Waals surface area contributed by atoms with Crippen LogP contribution in [0.5, 0.6) is 5.75 Å². The lowest BCUT2D eigenvalue weighted by atomic mass is 9.90. The normalized spacial score (nSPS) is 22.0. The van der Waals surface area contributed by atoms with Crippen LogP contribution in [-0.4, -0.2) is 56.3 Å². The summed E-state index contributed by atoms with van der Waals surface area (Å²) in [4.78, 5) is 14.5. The van der Waals surface area contributed by atoms with Crippen LogP contribution in [0.3, 0.4) is 0 Å². The quantitative estimate of drug-likeness (QED) is 0.858. The van der Waals surface area contributed by atoms with Crippen molar-refractivity contribution < 1.29 is 14.3 Å². The SMILES string of the molecule is CCOc1ccc(CCC2CCN(C(=O)C3COCCN3)CC2)cc1. The molecule has 1 amide bonds. The van der Waals surface area contributed by atoms with Gasteiger partial charge in [0.1, 0.15) is 11.8 Å². The number of hydrogen-bond donors (Lipinski definition) is 1. The molecule has 5 heteroatoms. The van der Waals surface area contributed by atoms with Crippen molar-refractivity contribution in [2.24, 2.45) is 5.92 Å². The number of rotatable bonds is 6. The van der Waals surface area contributed by atoms with Crippen LogP contribution < -0.4 is 10.1 Å². The molecule has 1 atom stereocenters. The highest BCUT2D eigenvalue weighted by Gasteiger charge is 2.29. The predicted octanol–water partition coefficient (Wildman–Crippen LogP) is 2.24. The summed E-state index contributed by atoms with van der Waals surface area (Å²) in [6.45, 7) is 6.46. The number of ether oxygens (including phenoxy) is 2. The number of morpholine rings is 1. The Labute approximate surface area is 150 Å². The smallest absolute Gasteiger partial charge is 0.242 e. The van der Waals surface area contributed by atoms with Crippen molar-refractivity contribution in [3.05, 3.63) is 29.8 Å². The highest BCUT2D eigenvalue weighted by atomic mass is 16.5. The number of carbonyl (C=O) groups is 1. The van der Waals surface area contributed by atoms with Gasteiger partial charge in [0.25, 0.3) is 0 Å². The van der Waals surface area contributed by atoms with Gasteiger partial charge in [-0.25, -0.2) is 0 Å². The molecule has 0 aromatic heterocycles. The van der Waals surface area contributed by atoms with Crippen LogP contribution in [0.15, 0.2) is 24.3 Å². The van der Waals surface area contributed by atoms with Crippen LogP contribution >= 0.6 is 0 Å². The Bertz CT molecular complexity index is 532. The molecule has 3 rings (SSSR count). The second kappa shape index (κ2) is 9.20. The van der Waals surface area contributed by atoms with Crippen molar-refractivity contribution in [1.29, 1.82) is 0 Å². The Kier molecular flexibility index (Phi) is 6.70. The summed E-state index contributed by atoms with van der Waals surface area (Å²) in [5, 5.41) is 3.26. The van der Waals surface area contributed by atoms with Crippen LogP contribution in [0.25, 0.3) is 0 Å². The fourth-order valence-electron chi connectivity index (χ4n) is 3.68. The fourth-order valence-corrected chi connectivity index (χ4v) is 3.68. The Morgan fingerprint density at radius 2 is 2.04 bits per heavy atom. The Hall–Kier alpha value is -1.59. The Morgan fingerprint density at radius 1 is 1.28 bits per heavy atom. The lowest BCUT2D eigenvalue weighted by Gasteiger charge is -2.35. The number of benzene rings is 1. The van der Waals surface area contributed by atoms with E-state index in [2.05, 4.69) is 29.6 Å². The molecule has 2 aliphatic heterocycles. The minimum absolute atomic E-state index is 0.144. The van der Waals surface area contributed by atoms with Gasteiger partial charge in [-0.2, -0.15) is 0 Å². The first-order chi connectivity index (χ1) is 12.3. The fraction of sp³-hybridized carbons (Fsp3) is 0.650. The molecule has 138 valence electrons. The molecule has 5 nitrogen and oxygen atoms in total. The van der Waals surface area contributed by atoms with Crippen molar-refractivity contribution in [2.45, 2.75) is 38.6 Å². The summed E-state index contributed by atoms with van der Waals surface area (Å²) in [6, 6.07) is 8.30. The summed E-state index contributed by atoms with van der Waals surface area (Å²) in [6.07, 6.45) is 4.51. The van der Waals surface area contributed by atoms with Crippen molar-refractivity contribution in [1.82, 2.24) is 10.2 Å². The minimum atomic E-state index is -0.144. The Balaban J connectivity index is 1.39. The zero-order valence-corrected chi connectivity index (χ0v) is 15.2. The maximum Gasteiger partial charge on any atom is 0.242 e. The summed E-state index contributed by atoms with van der Waals surface area (Å²) >= 11 is 0. The van der Waals surface area contributed by atoms with Crippen molar-refractivity contribution in [2.75, 3.05) is 39.5 Å². The molecule has 2 saturated heterocycles. The van der Waals surface area contributed by atoms with E-state index in [0.717, 1.165) is 44.6 Å². The zero-order chi connectivity index (χ0) is 17.5.